The van der Waals surface area contributed by atoms with Crippen molar-refractivity contribution >= 4 is 5.91 Å². The first-order valence-electron chi connectivity index (χ1n) is 9.83. The number of ether oxygens (including phenoxy) is 1. The van der Waals surface area contributed by atoms with Gasteiger partial charge in [0.15, 0.2) is 0 Å². The van der Waals surface area contributed by atoms with Crippen molar-refractivity contribution in [1.82, 2.24) is 10.2 Å². The van der Waals surface area contributed by atoms with E-state index >= 15 is 0 Å². The van der Waals surface area contributed by atoms with E-state index < -0.39 is 0 Å². The van der Waals surface area contributed by atoms with Crippen LogP contribution in [0.4, 0.5) is 0 Å². The molecule has 1 heterocycles. The summed E-state index contributed by atoms with van der Waals surface area (Å²) in [5.74, 6) is 1.22. The second-order valence-corrected chi connectivity index (χ2v) is 7.37. The van der Waals surface area contributed by atoms with Gasteiger partial charge in [-0.3, -0.25) is 9.69 Å². The molecule has 144 valence electrons. The smallest absolute Gasteiger partial charge is 0.223 e. The first kappa shape index (κ1) is 19.4. The third-order valence-corrected chi connectivity index (χ3v) is 5.49. The van der Waals surface area contributed by atoms with Crippen LogP contribution < -0.4 is 10.1 Å². The largest absolute Gasteiger partial charge is 0.497 e. The minimum Gasteiger partial charge on any atom is -0.497 e. The van der Waals surface area contributed by atoms with Crippen molar-refractivity contribution in [3.8, 4) is 5.75 Å². The average molecular weight is 367 g/mol. The third kappa shape index (κ3) is 5.57. The van der Waals surface area contributed by atoms with Gasteiger partial charge in [-0.15, -0.1) is 0 Å². The molecule has 0 aliphatic carbocycles. The van der Waals surface area contributed by atoms with E-state index in [4.69, 9.17) is 4.74 Å². The van der Waals surface area contributed by atoms with Crippen LogP contribution in [-0.4, -0.2) is 37.6 Å². The molecule has 2 aromatic rings. The molecule has 1 amide bonds. The van der Waals surface area contributed by atoms with Crippen molar-refractivity contribution in [3.05, 3.63) is 65.2 Å². The Balaban J connectivity index is 1.38. The Labute approximate surface area is 162 Å². The van der Waals surface area contributed by atoms with Crippen molar-refractivity contribution < 1.29 is 9.53 Å². The summed E-state index contributed by atoms with van der Waals surface area (Å²) in [5.41, 5.74) is 3.94. The SMILES string of the molecule is COc1ccc(CCNC(=O)C2CCN(Cc3ccccc3C)CC2)cc1. The van der Waals surface area contributed by atoms with E-state index in [1.807, 2.05) is 12.1 Å². The zero-order valence-corrected chi connectivity index (χ0v) is 16.4. The van der Waals surface area contributed by atoms with Crippen molar-refractivity contribution in [1.29, 1.82) is 0 Å². The summed E-state index contributed by atoms with van der Waals surface area (Å²) in [6.07, 6.45) is 2.74. The van der Waals surface area contributed by atoms with E-state index in [2.05, 4.69) is 53.5 Å². The van der Waals surface area contributed by atoms with Gasteiger partial charge in [0.2, 0.25) is 5.91 Å². The van der Waals surface area contributed by atoms with Crippen molar-refractivity contribution in [2.45, 2.75) is 32.7 Å². The molecule has 0 radical (unpaired) electrons. The van der Waals surface area contributed by atoms with Gasteiger partial charge < -0.3 is 10.1 Å². The molecular weight excluding hydrogens is 336 g/mol. The number of carbonyl (C=O) groups excluding carboxylic acids is 1. The Morgan fingerprint density at radius 1 is 1.11 bits per heavy atom. The lowest BCUT2D eigenvalue weighted by Crippen LogP contribution is -2.40. The maximum absolute atomic E-state index is 12.5. The molecule has 0 bridgehead atoms. The van der Waals surface area contributed by atoms with Crippen LogP contribution in [0.1, 0.15) is 29.5 Å². The molecule has 2 aromatic carbocycles. The molecule has 27 heavy (non-hydrogen) atoms. The van der Waals surface area contributed by atoms with E-state index in [1.54, 1.807) is 7.11 Å². The van der Waals surface area contributed by atoms with Crippen LogP contribution in [0.25, 0.3) is 0 Å². The lowest BCUT2D eigenvalue weighted by atomic mass is 9.95. The van der Waals surface area contributed by atoms with Crippen LogP contribution in [0.15, 0.2) is 48.5 Å². The van der Waals surface area contributed by atoms with Crippen LogP contribution >= 0.6 is 0 Å². The quantitative estimate of drug-likeness (QED) is 0.814. The molecule has 1 saturated heterocycles. The molecule has 0 atom stereocenters. The van der Waals surface area contributed by atoms with Crippen molar-refractivity contribution in [2.75, 3.05) is 26.7 Å². The Morgan fingerprint density at radius 3 is 2.48 bits per heavy atom. The number of hydrogen-bond acceptors (Lipinski definition) is 3. The second kappa shape index (κ2) is 9.56. The van der Waals surface area contributed by atoms with Crippen LogP contribution in [0.2, 0.25) is 0 Å². The Hall–Kier alpha value is -2.33. The van der Waals surface area contributed by atoms with Crippen molar-refractivity contribution in [3.63, 3.8) is 0 Å². The fraction of sp³-hybridized carbons (Fsp3) is 0.435. The molecule has 0 unspecified atom stereocenters. The highest BCUT2D eigenvalue weighted by Crippen LogP contribution is 2.20. The highest BCUT2D eigenvalue weighted by Gasteiger charge is 2.24. The predicted molar refractivity (Wildman–Crippen MR) is 109 cm³/mol. The van der Waals surface area contributed by atoms with Gasteiger partial charge >= 0.3 is 0 Å². The molecule has 1 aliphatic rings. The number of carbonyl (C=O) groups is 1. The summed E-state index contributed by atoms with van der Waals surface area (Å²) in [6.45, 7) is 5.82. The topological polar surface area (TPSA) is 41.6 Å². The predicted octanol–water partition coefficient (Wildman–Crippen LogP) is 3.57. The zero-order valence-electron chi connectivity index (χ0n) is 16.4. The van der Waals surface area contributed by atoms with E-state index in [1.165, 1.54) is 16.7 Å². The number of amides is 1. The molecule has 1 fully saturated rings. The third-order valence-electron chi connectivity index (χ3n) is 5.49. The van der Waals surface area contributed by atoms with Gasteiger partial charge in [-0.2, -0.15) is 0 Å². The number of likely N-dealkylation sites (tertiary alicyclic amines) is 1. The van der Waals surface area contributed by atoms with Gasteiger partial charge in [0.25, 0.3) is 0 Å². The zero-order chi connectivity index (χ0) is 19.1. The summed E-state index contributed by atoms with van der Waals surface area (Å²) < 4.78 is 5.17. The highest BCUT2D eigenvalue weighted by molar-refractivity contribution is 5.78. The normalized spacial score (nSPS) is 15.5. The number of hydrogen-bond donors (Lipinski definition) is 1. The summed E-state index contributed by atoms with van der Waals surface area (Å²) in [4.78, 5) is 14.9. The first-order chi connectivity index (χ1) is 13.2. The summed E-state index contributed by atoms with van der Waals surface area (Å²) >= 11 is 0. The number of nitrogens with zero attached hydrogens (tertiary/aromatic N) is 1. The van der Waals surface area contributed by atoms with Gasteiger partial charge in [0.1, 0.15) is 5.75 Å². The second-order valence-electron chi connectivity index (χ2n) is 7.37. The van der Waals surface area contributed by atoms with E-state index in [-0.39, 0.29) is 11.8 Å². The van der Waals surface area contributed by atoms with Gasteiger partial charge in [-0.05, 0) is 68.1 Å². The monoisotopic (exact) mass is 366 g/mol. The molecule has 0 saturated carbocycles. The van der Waals surface area contributed by atoms with Gasteiger partial charge in [0.05, 0.1) is 7.11 Å². The van der Waals surface area contributed by atoms with E-state index in [0.29, 0.717) is 6.54 Å². The van der Waals surface area contributed by atoms with E-state index in [0.717, 1.165) is 44.6 Å². The number of aryl methyl sites for hydroxylation is 1. The van der Waals surface area contributed by atoms with Crippen LogP contribution in [-0.2, 0) is 17.8 Å². The molecule has 4 nitrogen and oxygen atoms in total. The van der Waals surface area contributed by atoms with Gasteiger partial charge in [-0.25, -0.2) is 0 Å². The van der Waals surface area contributed by atoms with E-state index in [9.17, 15) is 4.79 Å². The summed E-state index contributed by atoms with van der Waals surface area (Å²) in [6, 6.07) is 16.6. The lowest BCUT2D eigenvalue weighted by Gasteiger charge is -2.31. The van der Waals surface area contributed by atoms with Crippen LogP contribution in [0.3, 0.4) is 0 Å². The lowest BCUT2D eigenvalue weighted by molar-refractivity contribution is -0.126. The fourth-order valence-corrected chi connectivity index (χ4v) is 3.65. The summed E-state index contributed by atoms with van der Waals surface area (Å²) in [5, 5.41) is 3.11. The number of benzene rings is 2. The Bertz CT molecular complexity index is 734. The fourth-order valence-electron chi connectivity index (χ4n) is 3.65. The number of rotatable bonds is 7. The molecular formula is C23H30N2O2. The average Bonchev–Trinajstić information content (AvgIpc) is 2.71. The molecule has 0 aromatic heterocycles. The standard InChI is InChI=1S/C23H30N2O2/c1-18-5-3-4-6-21(18)17-25-15-12-20(13-16-25)23(26)24-14-11-19-7-9-22(27-2)10-8-19/h3-10,20H,11-17H2,1-2H3,(H,24,26). The first-order valence-corrected chi connectivity index (χ1v) is 9.83. The number of piperidine rings is 1. The van der Waals surface area contributed by atoms with Crippen molar-refractivity contribution in [2.24, 2.45) is 5.92 Å². The summed E-state index contributed by atoms with van der Waals surface area (Å²) in [7, 11) is 1.67. The minimum absolute atomic E-state index is 0.147. The molecule has 1 aliphatic heterocycles. The minimum atomic E-state index is 0.147. The Kier molecular flexibility index (Phi) is 6.88. The molecule has 3 rings (SSSR count). The Morgan fingerprint density at radius 2 is 1.81 bits per heavy atom. The van der Waals surface area contributed by atoms with Crippen LogP contribution in [0, 0.1) is 12.8 Å². The molecule has 0 spiro atoms. The molecule has 1 N–H and O–H groups in total. The van der Waals surface area contributed by atoms with Gasteiger partial charge in [-0.1, -0.05) is 36.4 Å². The number of nitrogens with one attached hydrogen (secondary N) is 1. The molecule has 4 heteroatoms. The van der Waals surface area contributed by atoms with Gasteiger partial charge in [0, 0.05) is 19.0 Å². The maximum atomic E-state index is 12.5. The highest BCUT2D eigenvalue weighted by atomic mass is 16.5. The number of methoxy groups -OCH3 is 1. The maximum Gasteiger partial charge on any atom is 0.223 e. The van der Waals surface area contributed by atoms with Crippen LogP contribution in [0.5, 0.6) is 5.75 Å².